The minimum Gasteiger partial charge on any atom is -0.462 e. The molecule has 558 valence electrons. The molecule has 0 fully saturated rings. The van der Waals surface area contributed by atoms with Gasteiger partial charge in [0.25, 0.3) is 0 Å². The number of hydrogen-bond donors (Lipinski definition) is 3. The zero-order valence-corrected chi connectivity index (χ0v) is 63.4. The summed E-state index contributed by atoms with van der Waals surface area (Å²) >= 11 is 0. The van der Waals surface area contributed by atoms with E-state index < -0.39 is 97.5 Å². The van der Waals surface area contributed by atoms with Crippen LogP contribution in [-0.2, 0) is 65.4 Å². The molecule has 0 heterocycles. The number of esters is 4. The van der Waals surface area contributed by atoms with E-state index >= 15 is 0 Å². The summed E-state index contributed by atoms with van der Waals surface area (Å²) in [4.78, 5) is 72.7. The molecule has 0 saturated heterocycles. The molecule has 3 unspecified atom stereocenters. The Morgan fingerprint density at radius 1 is 0.266 bits per heavy atom. The van der Waals surface area contributed by atoms with Crippen LogP contribution >= 0.6 is 15.6 Å². The van der Waals surface area contributed by atoms with E-state index in [-0.39, 0.29) is 25.7 Å². The third-order valence-corrected chi connectivity index (χ3v) is 19.2. The molecule has 3 N–H and O–H groups in total. The summed E-state index contributed by atoms with van der Waals surface area (Å²) in [7, 11) is -9.91. The highest BCUT2D eigenvalue weighted by molar-refractivity contribution is 7.47. The summed E-state index contributed by atoms with van der Waals surface area (Å²) < 4.78 is 68.4. The van der Waals surface area contributed by atoms with Crippen molar-refractivity contribution < 1.29 is 80.2 Å². The smallest absolute Gasteiger partial charge is 0.462 e. The zero-order valence-electron chi connectivity index (χ0n) is 61.6. The zero-order chi connectivity index (χ0) is 69.6. The quantitative estimate of drug-likeness (QED) is 0.0222. The largest absolute Gasteiger partial charge is 0.472 e. The van der Waals surface area contributed by atoms with Crippen LogP contribution in [0.4, 0.5) is 0 Å². The van der Waals surface area contributed by atoms with Gasteiger partial charge in [0, 0.05) is 25.7 Å². The molecular weight excluding hydrogens is 1230 g/mol. The SMILES string of the molecule is CC(C)CCCCCCCCCCCCCCCCCCCCC(=O)OC[C@H](COP(=O)(O)OCC(O)COP(=O)(O)OC[C@@H](COC(=O)CCCCCCCCCC(C)C)OC(=O)CCCCCCCCCCCCC(C)C)OC(=O)CCCCCCCCCC(C)C. The maximum absolute atomic E-state index is 13.0. The monoisotopic (exact) mass is 1380 g/mol. The van der Waals surface area contributed by atoms with Crippen molar-refractivity contribution in [2.75, 3.05) is 39.6 Å². The van der Waals surface area contributed by atoms with E-state index in [9.17, 15) is 43.2 Å². The van der Waals surface area contributed by atoms with Crippen LogP contribution in [0.3, 0.4) is 0 Å². The van der Waals surface area contributed by atoms with Gasteiger partial charge >= 0.3 is 39.5 Å². The molecule has 0 rings (SSSR count). The van der Waals surface area contributed by atoms with Gasteiger partial charge in [-0.15, -0.1) is 0 Å². The van der Waals surface area contributed by atoms with Gasteiger partial charge in [-0.3, -0.25) is 37.3 Å². The molecule has 5 atom stereocenters. The van der Waals surface area contributed by atoms with Crippen molar-refractivity contribution in [3.63, 3.8) is 0 Å². The first-order valence-electron chi connectivity index (χ1n) is 38.7. The molecular formula is C75H146O17P2. The van der Waals surface area contributed by atoms with Crippen LogP contribution < -0.4 is 0 Å². The molecule has 0 saturated carbocycles. The summed E-state index contributed by atoms with van der Waals surface area (Å²) in [6.07, 6.45) is 48.9. The third-order valence-electron chi connectivity index (χ3n) is 17.3. The Morgan fingerprint density at radius 2 is 0.447 bits per heavy atom. The Hall–Kier alpha value is -1.94. The number of unbranched alkanes of at least 4 members (excludes halogenated alkanes) is 38. The summed E-state index contributed by atoms with van der Waals surface area (Å²) in [5.41, 5.74) is 0. The van der Waals surface area contributed by atoms with E-state index in [0.29, 0.717) is 37.5 Å². The molecule has 17 nitrogen and oxygen atoms in total. The number of carbonyl (C=O) groups excluding carboxylic acids is 4. The number of phosphoric ester groups is 2. The lowest BCUT2D eigenvalue weighted by molar-refractivity contribution is -0.161. The van der Waals surface area contributed by atoms with Crippen LogP contribution in [0.25, 0.3) is 0 Å². The topological polar surface area (TPSA) is 237 Å². The Labute approximate surface area is 575 Å². The Balaban J connectivity index is 5.14. The van der Waals surface area contributed by atoms with E-state index in [2.05, 4.69) is 55.4 Å². The molecule has 0 aromatic heterocycles. The number of rotatable bonds is 72. The predicted molar refractivity (Wildman–Crippen MR) is 381 cm³/mol. The normalized spacial score (nSPS) is 14.2. The molecule has 94 heavy (non-hydrogen) atoms. The van der Waals surface area contributed by atoms with Crippen LogP contribution in [-0.4, -0.2) is 96.7 Å². The van der Waals surface area contributed by atoms with Crippen molar-refractivity contribution in [3.8, 4) is 0 Å². The molecule has 0 aliphatic heterocycles. The van der Waals surface area contributed by atoms with Crippen molar-refractivity contribution in [2.45, 2.75) is 395 Å². The first-order chi connectivity index (χ1) is 45.1. The summed E-state index contributed by atoms with van der Waals surface area (Å²) in [5, 5.41) is 10.6. The van der Waals surface area contributed by atoms with Gasteiger partial charge in [-0.1, -0.05) is 325 Å². The maximum Gasteiger partial charge on any atom is 0.472 e. The van der Waals surface area contributed by atoms with Crippen molar-refractivity contribution in [1.82, 2.24) is 0 Å². The second kappa shape index (κ2) is 64.4. The summed E-state index contributed by atoms with van der Waals surface area (Å²) in [5.74, 6) is 0.849. The predicted octanol–water partition coefficient (Wildman–Crippen LogP) is 21.7. The van der Waals surface area contributed by atoms with Gasteiger partial charge in [-0.25, -0.2) is 9.13 Å². The summed E-state index contributed by atoms with van der Waals surface area (Å²) in [6, 6.07) is 0. The van der Waals surface area contributed by atoms with Crippen molar-refractivity contribution in [2.24, 2.45) is 23.7 Å². The highest BCUT2D eigenvalue weighted by Crippen LogP contribution is 2.45. The molecule has 0 spiro atoms. The minimum atomic E-state index is -4.95. The fourth-order valence-corrected chi connectivity index (χ4v) is 13.0. The minimum absolute atomic E-state index is 0.103. The first-order valence-corrected chi connectivity index (χ1v) is 41.7. The van der Waals surface area contributed by atoms with Crippen molar-refractivity contribution in [3.05, 3.63) is 0 Å². The Morgan fingerprint density at radius 3 is 0.660 bits per heavy atom. The third kappa shape index (κ3) is 68.6. The highest BCUT2D eigenvalue weighted by atomic mass is 31.2. The van der Waals surface area contributed by atoms with Gasteiger partial charge in [-0.05, 0) is 49.4 Å². The number of aliphatic hydroxyl groups excluding tert-OH is 1. The lowest BCUT2D eigenvalue weighted by Crippen LogP contribution is -2.30. The number of ether oxygens (including phenoxy) is 4. The van der Waals surface area contributed by atoms with Crippen LogP contribution in [0.15, 0.2) is 0 Å². The van der Waals surface area contributed by atoms with Gasteiger partial charge in [0.1, 0.15) is 19.3 Å². The van der Waals surface area contributed by atoms with Gasteiger partial charge in [0.2, 0.25) is 0 Å². The molecule has 0 aromatic rings. The number of hydrogen-bond acceptors (Lipinski definition) is 15. The van der Waals surface area contributed by atoms with E-state index in [1.165, 1.54) is 173 Å². The van der Waals surface area contributed by atoms with Crippen molar-refractivity contribution >= 4 is 39.5 Å². The standard InChI is InChI=1S/C75H146O17P2/c1-65(2)51-43-35-27-21-17-15-13-11-9-10-12-14-16-18-23-31-39-47-55-72(77)85-61-71(92-75(80)58-50-42-34-26-30-38-46-54-68(7)8)64-90-94(83,84)88-60-69(76)59-87-93(81,82)89-63-70(62-86-73(78)56-48-40-33-25-29-37-45-53-67(5)6)91-74(79)57-49-41-32-24-20-19-22-28-36-44-52-66(3)4/h65-71,76H,9-64H2,1-8H3,(H,81,82)(H,83,84)/t69?,70-,71-/m1/s1. The highest BCUT2D eigenvalue weighted by Gasteiger charge is 2.30. The van der Waals surface area contributed by atoms with Crippen LogP contribution in [0, 0.1) is 23.7 Å². The molecule has 0 radical (unpaired) electrons. The van der Waals surface area contributed by atoms with E-state index in [4.69, 9.17) is 37.0 Å². The Bertz CT molecular complexity index is 1850. The lowest BCUT2D eigenvalue weighted by Gasteiger charge is -2.21. The van der Waals surface area contributed by atoms with Gasteiger partial charge < -0.3 is 33.8 Å². The fraction of sp³-hybridized carbons (Fsp3) is 0.947. The molecule has 0 aliphatic rings. The van der Waals surface area contributed by atoms with E-state index in [1.54, 1.807) is 0 Å². The molecule has 19 heteroatoms. The van der Waals surface area contributed by atoms with Crippen LogP contribution in [0.5, 0.6) is 0 Å². The molecule has 0 aromatic carbocycles. The van der Waals surface area contributed by atoms with E-state index in [0.717, 1.165) is 108 Å². The first kappa shape index (κ1) is 92.1. The van der Waals surface area contributed by atoms with Crippen LogP contribution in [0.2, 0.25) is 0 Å². The number of phosphoric acid groups is 2. The molecule has 0 bridgehead atoms. The number of aliphatic hydroxyl groups is 1. The number of carbonyl (C=O) groups is 4. The lowest BCUT2D eigenvalue weighted by atomic mass is 10.0. The van der Waals surface area contributed by atoms with Crippen molar-refractivity contribution in [1.29, 1.82) is 0 Å². The Kier molecular flexibility index (Phi) is 63.1. The summed E-state index contributed by atoms with van der Waals surface area (Å²) in [6.45, 7) is 14.1. The fourth-order valence-electron chi connectivity index (χ4n) is 11.4. The second-order valence-corrected chi connectivity index (χ2v) is 31.9. The molecule has 0 amide bonds. The average molecular weight is 1380 g/mol. The molecule has 0 aliphatic carbocycles. The average Bonchev–Trinajstić information content (AvgIpc) is 1.34. The van der Waals surface area contributed by atoms with Gasteiger partial charge in [0.05, 0.1) is 26.4 Å². The van der Waals surface area contributed by atoms with Gasteiger partial charge in [-0.2, -0.15) is 0 Å². The van der Waals surface area contributed by atoms with Gasteiger partial charge in [0.15, 0.2) is 12.2 Å². The van der Waals surface area contributed by atoms with Crippen LogP contribution in [0.1, 0.15) is 376 Å². The van der Waals surface area contributed by atoms with E-state index in [1.807, 2.05) is 0 Å². The second-order valence-electron chi connectivity index (χ2n) is 28.9. The maximum atomic E-state index is 13.0.